The van der Waals surface area contributed by atoms with Crippen LogP contribution in [0.5, 0.6) is 0 Å². The maximum atomic E-state index is 10.7. The molecule has 1 aliphatic rings. The summed E-state index contributed by atoms with van der Waals surface area (Å²) < 4.78 is 0. The van der Waals surface area contributed by atoms with Gasteiger partial charge >= 0.3 is 0 Å². The van der Waals surface area contributed by atoms with Crippen molar-refractivity contribution in [2.45, 2.75) is 0 Å². The number of hydrogen-bond acceptors (Lipinski definition) is 3. The second-order valence-electron chi connectivity index (χ2n) is 2.91. The van der Waals surface area contributed by atoms with Crippen molar-refractivity contribution < 1.29 is 4.79 Å². The molecule has 0 atom stereocenters. The number of hydrogen-bond donors (Lipinski definition) is 2. The van der Waals surface area contributed by atoms with Gasteiger partial charge in [-0.15, -0.1) is 0 Å². The molecule has 1 rings (SSSR count). The van der Waals surface area contributed by atoms with E-state index in [0.29, 0.717) is 6.54 Å². The van der Waals surface area contributed by atoms with E-state index in [2.05, 4.69) is 27.4 Å². The van der Waals surface area contributed by atoms with Crippen LogP contribution in [0.15, 0.2) is 0 Å². The van der Waals surface area contributed by atoms with Crippen molar-refractivity contribution in [2.75, 3.05) is 39.8 Å². The fourth-order valence-electron chi connectivity index (χ4n) is 1.16. The van der Waals surface area contributed by atoms with Gasteiger partial charge in [0.25, 0.3) is 5.91 Å². The van der Waals surface area contributed by atoms with Crippen molar-refractivity contribution in [1.82, 2.24) is 15.5 Å². The Balaban J connectivity index is 2.22. The van der Waals surface area contributed by atoms with E-state index in [1.54, 1.807) is 7.05 Å². The quantitative estimate of drug-likeness (QED) is 0.491. The molecule has 0 aliphatic carbocycles. The standard InChI is InChI=1S/C9H15N3O/c1-10-9(13)3-2-6-12-7-4-11-5-8-12/h11H,4-8H2,1H3,(H,10,13). The number of carbonyl (C=O) groups is 1. The van der Waals surface area contributed by atoms with Crippen molar-refractivity contribution in [3.8, 4) is 11.8 Å². The lowest BCUT2D eigenvalue weighted by molar-refractivity contribution is -0.115. The van der Waals surface area contributed by atoms with E-state index >= 15 is 0 Å². The number of amides is 1. The highest BCUT2D eigenvalue weighted by atomic mass is 16.1. The van der Waals surface area contributed by atoms with E-state index in [0.717, 1.165) is 26.2 Å². The Kier molecular flexibility index (Phi) is 4.30. The lowest BCUT2D eigenvalue weighted by Crippen LogP contribution is -2.43. The van der Waals surface area contributed by atoms with Crippen LogP contribution in [-0.2, 0) is 4.79 Å². The minimum Gasteiger partial charge on any atom is -0.348 e. The molecule has 1 fully saturated rings. The lowest BCUT2D eigenvalue weighted by Gasteiger charge is -2.24. The molecule has 0 bridgehead atoms. The maximum Gasteiger partial charge on any atom is 0.295 e. The van der Waals surface area contributed by atoms with Crippen LogP contribution in [0.25, 0.3) is 0 Å². The van der Waals surface area contributed by atoms with Gasteiger partial charge < -0.3 is 10.6 Å². The Morgan fingerprint density at radius 1 is 1.54 bits per heavy atom. The van der Waals surface area contributed by atoms with Crippen LogP contribution in [0.4, 0.5) is 0 Å². The minimum atomic E-state index is -0.213. The van der Waals surface area contributed by atoms with Crippen LogP contribution in [0.2, 0.25) is 0 Å². The first kappa shape index (κ1) is 10.0. The molecule has 0 aromatic carbocycles. The van der Waals surface area contributed by atoms with Gasteiger partial charge in [-0.05, 0) is 5.92 Å². The summed E-state index contributed by atoms with van der Waals surface area (Å²) in [5.41, 5.74) is 0. The van der Waals surface area contributed by atoms with Gasteiger partial charge in [0.2, 0.25) is 0 Å². The SMILES string of the molecule is CNC(=O)C#CCN1CCNCC1. The molecule has 4 nitrogen and oxygen atoms in total. The van der Waals surface area contributed by atoms with E-state index in [1.165, 1.54) is 0 Å². The van der Waals surface area contributed by atoms with Crippen molar-refractivity contribution in [2.24, 2.45) is 0 Å². The number of rotatable bonds is 1. The summed E-state index contributed by atoms with van der Waals surface area (Å²) in [5.74, 6) is 5.15. The summed E-state index contributed by atoms with van der Waals surface area (Å²) in [6.45, 7) is 4.75. The fourth-order valence-corrected chi connectivity index (χ4v) is 1.16. The molecule has 2 N–H and O–H groups in total. The Bertz CT molecular complexity index is 223. The summed E-state index contributed by atoms with van der Waals surface area (Å²) >= 11 is 0. The summed E-state index contributed by atoms with van der Waals surface area (Å²) in [6, 6.07) is 0. The zero-order valence-corrected chi connectivity index (χ0v) is 7.89. The Morgan fingerprint density at radius 3 is 2.85 bits per heavy atom. The predicted molar refractivity (Wildman–Crippen MR) is 51.2 cm³/mol. The van der Waals surface area contributed by atoms with Gasteiger partial charge in [-0.3, -0.25) is 9.69 Å². The van der Waals surface area contributed by atoms with Crippen LogP contribution in [0, 0.1) is 11.8 Å². The van der Waals surface area contributed by atoms with Crippen LogP contribution < -0.4 is 10.6 Å². The number of nitrogens with zero attached hydrogens (tertiary/aromatic N) is 1. The topological polar surface area (TPSA) is 44.4 Å². The van der Waals surface area contributed by atoms with Crippen molar-refractivity contribution >= 4 is 5.91 Å². The molecule has 0 saturated carbocycles. The van der Waals surface area contributed by atoms with Crippen LogP contribution in [0.3, 0.4) is 0 Å². The molecule has 1 saturated heterocycles. The molecular formula is C9H15N3O. The van der Waals surface area contributed by atoms with Gasteiger partial charge in [-0.2, -0.15) is 0 Å². The van der Waals surface area contributed by atoms with E-state index in [-0.39, 0.29) is 5.91 Å². The third-order valence-electron chi connectivity index (χ3n) is 1.94. The van der Waals surface area contributed by atoms with Gasteiger partial charge in [-0.25, -0.2) is 0 Å². The second-order valence-corrected chi connectivity index (χ2v) is 2.91. The fraction of sp³-hybridized carbons (Fsp3) is 0.667. The molecule has 1 heterocycles. The molecule has 1 aliphatic heterocycles. The van der Waals surface area contributed by atoms with Crippen molar-refractivity contribution in [3.05, 3.63) is 0 Å². The summed E-state index contributed by atoms with van der Waals surface area (Å²) in [7, 11) is 1.59. The van der Waals surface area contributed by atoms with Gasteiger partial charge in [-0.1, -0.05) is 5.92 Å². The zero-order valence-electron chi connectivity index (χ0n) is 7.89. The largest absolute Gasteiger partial charge is 0.348 e. The molecule has 0 aromatic rings. The minimum absolute atomic E-state index is 0.213. The molecule has 0 unspecified atom stereocenters. The third-order valence-corrected chi connectivity index (χ3v) is 1.94. The Morgan fingerprint density at radius 2 is 2.23 bits per heavy atom. The zero-order chi connectivity index (χ0) is 9.52. The van der Waals surface area contributed by atoms with E-state index < -0.39 is 0 Å². The first-order chi connectivity index (χ1) is 6.33. The second kappa shape index (κ2) is 5.57. The maximum absolute atomic E-state index is 10.7. The van der Waals surface area contributed by atoms with Crippen LogP contribution in [0.1, 0.15) is 0 Å². The first-order valence-corrected chi connectivity index (χ1v) is 4.46. The van der Waals surface area contributed by atoms with E-state index in [9.17, 15) is 4.79 Å². The summed E-state index contributed by atoms with van der Waals surface area (Å²) in [6.07, 6.45) is 0. The van der Waals surface area contributed by atoms with E-state index in [4.69, 9.17) is 0 Å². The molecule has 0 aromatic heterocycles. The van der Waals surface area contributed by atoms with Crippen LogP contribution in [-0.4, -0.2) is 50.6 Å². The predicted octanol–water partition coefficient (Wildman–Crippen LogP) is -1.36. The van der Waals surface area contributed by atoms with Crippen molar-refractivity contribution in [1.29, 1.82) is 0 Å². The highest BCUT2D eigenvalue weighted by molar-refractivity contribution is 5.93. The Hall–Kier alpha value is -1.05. The third kappa shape index (κ3) is 3.92. The first-order valence-electron chi connectivity index (χ1n) is 4.46. The number of nitrogens with one attached hydrogen (secondary N) is 2. The van der Waals surface area contributed by atoms with Gasteiger partial charge in [0.1, 0.15) is 0 Å². The molecule has 13 heavy (non-hydrogen) atoms. The lowest BCUT2D eigenvalue weighted by atomic mass is 10.3. The molecule has 72 valence electrons. The molecule has 4 heteroatoms. The van der Waals surface area contributed by atoms with Gasteiger partial charge in [0.15, 0.2) is 0 Å². The molecule has 0 radical (unpaired) electrons. The average molecular weight is 181 g/mol. The Labute approximate surface area is 78.7 Å². The summed E-state index contributed by atoms with van der Waals surface area (Å²) in [4.78, 5) is 13.0. The van der Waals surface area contributed by atoms with E-state index in [1.807, 2.05) is 0 Å². The van der Waals surface area contributed by atoms with Crippen LogP contribution >= 0.6 is 0 Å². The number of piperazine rings is 1. The molecular weight excluding hydrogens is 166 g/mol. The highest BCUT2D eigenvalue weighted by Gasteiger charge is 2.06. The monoisotopic (exact) mass is 181 g/mol. The van der Waals surface area contributed by atoms with Gasteiger partial charge in [0, 0.05) is 33.2 Å². The van der Waals surface area contributed by atoms with Gasteiger partial charge in [0.05, 0.1) is 6.54 Å². The molecule has 1 amide bonds. The normalized spacial score (nSPS) is 17.3. The van der Waals surface area contributed by atoms with Crippen molar-refractivity contribution in [3.63, 3.8) is 0 Å². The number of carbonyl (C=O) groups excluding carboxylic acids is 1. The highest BCUT2D eigenvalue weighted by Crippen LogP contribution is 1.89. The smallest absolute Gasteiger partial charge is 0.295 e. The molecule has 0 spiro atoms. The summed E-state index contributed by atoms with van der Waals surface area (Å²) in [5, 5.41) is 5.72. The average Bonchev–Trinajstić information content (AvgIpc) is 2.19.